The molecule has 0 aromatic heterocycles. The number of carbonyl (C=O) groups is 3. The molecule has 0 unspecified atom stereocenters. The fraction of sp³-hybridized carbons (Fsp3) is 0.286. The van der Waals surface area contributed by atoms with Gasteiger partial charge in [0.15, 0.2) is 6.61 Å². The van der Waals surface area contributed by atoms with E-state index >= 15 is 0 Å². The van der Waals surface area contributed by atoms with Gasteiger partial charge in [-0.15, -0.1) is 0 Å². The van der Waals surface area contributed by atoms with E-state index in [1.807, 2.05) is 20.8 Å². The third kappa shape index (κ3) is 4.49. The van der Waals surface area contributed by atoms with Crippen molar-refractivity contribution in [3.05, 3.63) is 53.6 Å². The Labute approximate surface area is 163 Å². The maximum atomic E-state index is 12.5. The number of nitrogens with one attached hydrogen (secondary N) is 3. The van der Waals surface area contributed by atoms with Crippen molar-refractivity contribution in [1.29, 1.82) is 0 Å². The highest BCUT2D eigenvalue weighted by Gasteiger charge is 2.20. The molecule has 3 N–H and O–H groups in total. The van der Waals surface area contributed by atoms with E-state index in [0.29, 0.717) is 28.3 Å². The van der Waals surface area contributed by atoms with Gasteiger partial charge < -0.3 is 20.7 Å². The lowest BCUT2D eigenvalue weighted by molar-refractivity contribution is -0.118. The van der Waals surface area contributed by atoms with Crippen molar-refractivity contribution in [2.24, 2.45) is 0 Å². The highest BCUT2D eigenvalue weighted by molar-refractivity contribution is 6.06. The summed E-state index contributed by atoms with van der Waals surface area (Å²) in [4.78, 5) is 36.2. The molecule has 0 saturated heterocycles. The van der Waals surface area contributed by atoms with Crippen molar-refractivity contribution in [2.45, 2.75) is 32.7 Å². The van der Waals surface area contributed by atoms with Crippen LogP contribution < -0.4 is 20.7 Å². The number of benzene rings is 2. The molecule has 2 aromatic rings. The zero-order valence-electron chi connectivity index (χ0n) is 16.1. The number of fused-ring (bicyclic) bond motifs is 1. The summed E-state index contributed by atoms with van der Waals surface area (Å²) < 4.78 is 5.29. The number of amides is 3. The summed E-state index contributed by atoms with van der Waals surface area (Å²) in [6, 6.07) is 11.5. The summed E-state index contributed by atoms with van der Waals surface area (Å²) in [5.74, 6) is -0.214. The number of hydrogen-bond donors (Lipinski definition) is 3. The molecule has 28 heavy (non-hydrogen) atoms. The van der Waals surface area contributed by atoms with Crippen molar-refractivity contribution in [3.63, 3.8) is 0 Å². The molecule has 0 saturated carbocycles. The Morgan fingerprint density at radius 2 is 1.75 bits per heavy atom. The highest BCUT2D eigenvalue weighted by atomic mass is 16.5. The van der Waals surface area contributed by atoms with Crippen molar-refractivity contribution >= 4 is 29.1 Å². The van der Waals surface area contributed by atoms with Crippen LogP contribution in [0, 0.1) is 0 Å². The molecule has 0 atom stereocenters. The average Bonchev–Trinajstić information content (AvgIpc) is 2.67. The van der Waals surface area contributed by atoms with E-state index in [1.165, 1.54) is 0 Å². The second-order valence-corrected chi connectivity index (χ2v) is 7.27. The first kappa shape index (κ1) is 19.4. The van der Waals surface area contributed by atoms with Crippen LogP contribution in [0.15, 0.2) is 42.5 Å². The van der Waals surface area contributed by atoms with Crippen LogP contribution >= 0.6 is 0 Å². The maximum absolute atomic E-state index is 12.5. The normalized spacial score (nSPS) is 13.0. The molecule has 2 aromatic carbocycles. The van der Waals surface area contributed by atoms with Crippen LogP contribution in [-0.4, -0.2) is 29.9 Å². The Morgan fingerprint density at radius 1 is 1.07 bits per heavy atom. The topological polar surface area (TPSA) is 96.5 Å². The van der Waals surface area contributed by atoms with Gasteiger partial charge in [0.1, 0.15) is 5.75 Å². The van der Waals surface area contributed by atoms with Gasteiger partial charge in [-0.25, -0.2) is 0 Å². The van der Waals surface area contributed by atoms with E-state index in [-0.39, 0.29) is 29.9 Å². The molecule has 3 rings (SSSR count). The van der Waals surface area contributed by atoms with Gasteiger partial charge in [0.05, 0.1) is 5.69 Å². The molecule has 0 fully saturated rings. The van der Waals surface area contributed by atoms with Crippen LogP contribution in [-0.2, 0) is 4.79 Å². The SMILES string of the molecule is CCC(C)(C)NC(=O)c1ccc(NC(=O)c2ccc3c(c2)NC(=O)CO3)cc1. The third-order valence-electron chi connectivity index (χ3n) is 4.62. The Bertz CT molecular complexity index is 920. The van der Waals surface area contributed by atoms with E-state index in [0.717, 1.165) is 6.42 Å². The molecule has 1 aliphatic rings. The zero-order chi connectivity index (χ0) is 20.3. The largest absolute Gasteiger partial charge is 0.482 e. The predicted octanol–water partition coefficient (Wildman–Crippen LogP) is 3.19. The lowest BCUT2D eigenvalue weighted by Gasteiger charge is -2.24. The maximum Gasteiger partial charge on any atom is 0.262 e. The molecule has 1 aliphatic heterocycles. The molecule has 0 aliphatic carbocycles. The first-order chi connectivity index (χ1) is 13.3. The predicted molar refractivity (Wildman–Crippen MR) is 107 cm³/mol. The summed E-state index contributed by atoms with van der Waals surface area (Å²) in [7, 11) is 0. The smallest absolute Gasteiger partial charge is 0.262 e. The van der Waals surface area contributed by atoms with Gasteiger partial charge in [0, 0.05) is 22.4 Å². The lowest BCUT2D eigenvalue weighted by atomic mass is 10.0. The van der Waals surface area contributed by atoms with Crippen LogP contribution in [0.2, 0.25) is 0 Å². The number of ether oxygens (including phenoxy) is 1. The minimum absolute atomic E-state index is 0.0338. The van der Waals surface area contributed by atoms with Crippen LogP contribution in [0.4, 0.5) is 11.4 Å². The van der Waals surface area contributed by atoms with E-state index in [9.17, 15) is 14.4 Å². The molecule has 0 bridgehead atoms. The van der Waals surface area contributed by atoms with Gasteiger partial charge >= 0.3 is 0 Å². The summed E-state index contributed by atoms with van der Waals surface area (Å²) in [6.45, 7) is 5.90. The van der Waals surface area contributed by atoms with Gasteiger partial charge in [-0.2, -0.15) is 0 Å². The first-order valence-electron chi connectivity index (χ1n) is 9.08. The van der Waals surface area contributed by atoms with E-state index in [2.05, 4.69) is 16.0 Å². The second-order valence-electron chi connectivity index (χ2n) is 7.27. The first-order valence-corrected chi connectivity index (χ1v) is 9.08. The molecular weight excluding hydrogens is 358 g/mol. The summed E-state index contributed by atoms with van der Waals surface area (Å²) in [5.41, 5.74) is 1.66. The zero-order valence-corrected chi connectivity index (χ0v) is 16.1. The molecule has 146 valence electrons. The number of hydrogen-bond acceptors (Lipinski definition) is 4. The van der Waals surface area contributed by atoms with Crippen molar-refractivity contribution < 1.29 is 19.1 Å². The molecule has 0 spiro atoms. The van der Waals surface area contributed by atoms with Crippen LogP contribution in [0.5, 0.6) is 5.75 Å². The van der Waals surface area contributed by atoms with Gasteiger partial charge in [0.25, 0.3) is 17.7 Å². The van der Waals surface area contributed by atoms with Crippen LogP contribution in [0.25, 0.3) is 0 Å². The Balaban J connectivity index is 1.67. The average molecular weight is 381 g/mol. The van der Waals surface area contributed by atoms with Gasteiger partial charge in [-0.1, -0.05) is 6.92 Å². The molecule has 7 nitrogen and oxygen atoms in total. The van der Waals surface area contributed by atoms with Crippen LogP contribution in [0.1, 0.15) is 47.9 Å². The Kier molecular flexibility index (Phi) is 5.35. The minimum Gasteiger partial charge on any atom is -0.482 e. The Morgan fingerprint density at radius 3 is 2.43 bits per heavy atom. The monoisotopic (exact) mass is 381 g/mol. The van der Waals surface area contributed by atoms with Gasteiger partial charge in [-0.3, -0.25) is 14.4 Å². The highest BCUT2D eigenvalue weighted by Crippen LogP contribution is 2.28. The number of anilines is 2. The standard InChI is InChI=1S/C21H23N3O4/c1-4-21(2,3)24-20(27)13-5-8-15(9-6-13)22-19(26)14-7-10-17-16(11-14)23-18(25)12-28-17/h5-11H,4,12H2,1-3H3,(H,22,26)(H,23,25)(H,24,27). The second kappa shape index (κ2) is 7.72. The van der Waals surface area contributed by atoms with Crippen molar-refractivity contribution in [3.8, 4) is 5.75 Å². The molecule has 1 heterocycles. The lowest BCUT2D eigenvalue weighted by Crippen LogP contribution is -2.42. The van der Waals surface area contributed by atoms with E-state index in [1.54, 1.807) is 42.5 Å². The fourth-order valence-corrected chi connectivity index (χ4v) is 2.60. The molecule has 3 amide bonds. The molecule has 7 heteroatoms. The van der Waals surface area contributed by atoms with Crippen molar-refractivity contribution in [1.82, 2.24) is 5.32 Å². The van der Waals surface area contributed by atoms with Crippen molar-refractivity contribution in [2.75, 3.05) is 17.2 Å². The fourth-order valence-electron chi connectivity index (χ4n) is 2.60. The summed E-state index contributed by atoms with van der Waals surface area (Å²) in [6.07, 6.45) is 0.819. The minimum atomic E-state index is -0.327. The number of rotatable bonds is 5. The van der Waals surface area contributed by atoms with E-state index < -0.39 is 0 Å². The molecular formula is C21H23N3O4. The summed E-state index contributed by atoms with van der Waals surface area (Å²) >= 11 is 0. The molecule has 0 radical (unpaired) electrons. The van der Waals surface area contributed by atoms with Gasteiger partial charge in [-0.05, 0) is 62.7 Å². The summed E-state index contributed by atoms with van der Waals surface area (Å²) in [5, 5.41) is 8.42. The van der Waals surface area contributed by atoms with E-state index in [4.69, 9.17) is 4.74 Å². The quantitative estimate of drug-likeness (QED) is 0.741. The Hall–Kier alpha value is -3.35. The van der Waals surface area contributed by atoms with Gasteiger partial charge in [0.2, 0.25) is 0 Å². The third-order valence-corrected chi connectivity index (χ3v) is 4.62. The number of carbonyl (C=O) groups excluding carboxylic acids is 3. The van der Waals surface area contributed by atoms with Crippen LogP contribution in [0.3, 0.4) is 0 Å².